The van der Waals surface area contributed by atoms with Gasteiger partial charge in [0.25, 0.3) is 10.1 Å². The summed E-state index contributed by atoms with van der Waals surface area (Å²) >= 11 is 0. The van der Waals surface area contributed by atoms with E-state index in [1.807, 2.05) is 0 Å². The fourth-order valence-electron chi connectivity index (χ4n) is 1.47. The second-order valence-electron chi connectivity index (χ2n) is 4.08. The van der Waals surface area contributed by atoms with Crippen molar-refractivity contribution in [3.63, 3.8) is 0 Å². The minimum atomic E-state index is -4.19. The van der Waals surface area contributed by atoms with Gasteiger partial charge in [0.15, 0.2) is 0 Å². The van der Waals surface area contributed by atoms with Crippen LogP contribution in [0.4, 0.5) is 0 Å². The van der Waals surface area contributed by atoms with Crippen LogP contribution in [0.3, 0.4) is 0 Å². The molecule has 0 atom stereocenters. The molecule has 0 aromatic heterocycles. The third-order valence-corrected chi connectivity index (χ3v) is 3.42. The molecule has 0 aliphatic heterocycles. The summed E-state index contributed by atoms with van der Waals surface area (Å²) in [6.07, 6.45) is 0.842. The number of ether oxygens (including phenoxy) is 1. The van der Waals surface area contributed by atoms with E-state index < -0.39 is 16.1 Å². The lowest BCUT2D eigenvalue weighted by Gasteiger charge is -2.06. The van der Waals surface area contributed by atoms with Crippen molar-refractivity contribution in [3.05, 3.63) is 42.0 Å². The number of hydrogen-bond acceptors (Lipinski definition) is 5. The molecule has 0 aliphatic carbocycles. The van der Waals surface area contributed by atoms with Gasteiger partial charge in [0.2, 0.25) is 0 Å². The van der Waals surface area contributed by atoms with Gasteiger partial charge in [-0.2, -0.15) is 8.42 Å². The maximum atomic E-state index is 11.4. The van der Waals surface area contributed by atoms with E-state index in [4.69, 9.17) is 14.4 Å². The molecule has 110 valence electrons. The maximum absolute atomic E-state index is 11.4. The highest BCUT2D eigenvalue weighted by Gasteiger charge is 2.10. The molecule has 0 heterocycles. The molecule has 1 aromatic rings. The molecule has 1 rings (SSSR count). The Labute approximate surface area is 117 Å². The summed E-state index contributed by atoms with van der Waals surface area (Å²) < 4.78 is 35.3. The van der Waals surface area contributed by atoms with Crippen molar-refractivity contribution in [3.8, 4) is 0 Å². The first-order valence-corrected chi connectivity index (χ1v) is 7.31. The summed E-state index contributed by atoms with van der Waals surface area (Å²) in [5, 5.41) is 8.52. The lowest BCUT2D eigenvalue weighted by molar-refractivity contribution is -0.140. The quantitative estimate of drug-likeness (QED) is 0.442. The number of aliphatic hydroxyl groups is 1. The van der Waals surface area contributed by atoms with E-state index in [1.165, 1.54) is 12.1 Å². The summed E-state index contributed by atoms with van der Waals surface area (Å²) in [4.78, 5) is 11.2. The van der Waals surface area contributed by atoms with Gasteiger partial charge in [-0.15, -0.1) is 0 Å². The van der Waals surface area contributed by atoms with Crippen LogP contribution in [-0.2, 0) is 26.1 Å². The van der Waals surface area contributed by atoms with Crippen LogP contribution >= 0.6 is 0 Å². The van der Waals surface area contributed by atoms with Crippen molar-refractivity contribution in [1.29, 1.82) is 0 Å². The number of benzene rings is 1. The van der Waals surface area contributed by atoms with Gasteiger partial charge in [-0.1, -0.05) is 18.7 Å². The van der Waals surface area contributed by atoms with Gasteiger partial charge in [-0.25, -0.2) is 4.79 Å². The predicted octanol–water partition coefficient (Wildman–Crippen LogP) is 0.958. The summed E-state index contributed by atoms with van der Waals surface area (Å²) in [5.74, 6) is -0.561. The van der Waals surface area contributed by atoms with Gasteiger partial charge in [0.1, 0.15) is 6.61 Å². The smallest absolute Gasteiger partial charge is 0.333 e. The van der Waals surface area contributed by atoms with Crippen molar-refractivity contribution in [2.45, 2.75) is 17.7 Å². The number of carbonyl (C=O) groups is 1. The number of aryl methyl sites for hydroxylation is 1. The Bertz CT molecular complexity index is 573. The average Bonchev–Trinajstić information content (AvgIpc) is 2.41. The van der Waals surface area contributed by atoms with Gasteiger partial charge in [0.05, 0.1) is 11.5 Å². The van der Waals surface area contributed by atoms with Crippen LogP contribution in [-0.4, -0.2) is 37.3 Å². The highest BCUT2D eigenvalue weighted by atomic mass is 32.2. The predicted molar refractivity (Wildman–Crippen MR) is 71.8 cm³/mol. The van der Waals surface area contributed by atoms with E-state index in [9.17, 15) is 13.2 Å². The Balaban J connectivity index is 2.54. The van der Waals surface area contributed by atoms with Crippen molar-refractivity contribution in [1.82, 2.24) is 0 Å². The second kappa shape index (κ2) is 7.18. The molecule has 0 unspecified atom stereocenters. The van der Waals surface area contributed by atoms with Gasteiger partial charge in [-0.3, -0.25) is 4.55 Å². The largest absolute Gasteiger partial charge is 0.460 e. The van der Waals surface area contributed by atoms with Crippen LogP contribution in [0.1, 0.15) is 12.0 Å². The standard InChI is InChI=1S/C13H16O6S/c1-10(13(15)19-9-8-14)2-3-11-4-6-12(7-5-11)20(16,17)18/h4-7,14H,1-3,8-9H2,(H,16,17,18). The maximum Gasteiger partial charge on any atom is 0.333 e. The van der Waals surface area contributed by atoms with Crippen LogP contribution in [0.5, 0.6) is 0 Å². The molecule has 0 saturated heterocycles. The third-order valence-electron chi connectivity index (χ3n) is 2.55. The van der Waals surface area contributed by atoms with Gasteiger partial charge in [-0.05, 0) is 30.5 Å². The van der Waals surface area contributed by atoms with E-state index in [2.05, 4.69) is 6.58 Å². The van der Waals surface area contributed by atoms with Crippen molar-refractivity contribution in [2.24, 2.45) is 0 Å². The Morgan fingerprint density at radius 2 is 1.85 bits per heavy atom. The summed E-state index contributed by atoms with van der Waals surface area (Å²) in [6, 6.07) is 5.68. The molecule has 0 bridgehead atoms. The number of aliphatic hydroxyl groups excluding tert-OH is 1. The molecule has 0 radical (unpaired) electrons. The normalized spacial score (nSPS) is 11.1. The topological polar surface area (TPSA) is 101 Å². The summed E-state index contributed by atoms with van der Waals surface area (Å²) in [6.45, 7) is 3.28. The number of carbonyl (C=O) groups excluding carboxylic acids is 1. The molecular formula is C13H16O6S. The first-order valence-electron chi connectivity index (χ1n) is 5.87. The van der Waals surface area contributed by atoms with Gasteiger partial charge < -0.3 is 9.84 Å². The van der Waals surface area contributed by atoms with E-state index in [-0.39, 0.29) is 23.7 Å². The Morgan fingerprint density at radius 3 is 2.35 bits per heavy atom. The van der Waals surface area contributed by atoms with Crippen LogP contribution < -0.4 is 0 Å². The fourth-order valence-corrected chi connectivity index (χ4v) is 1.95. The number of rotatable bonds is 7. The molecule has 7 heteroatoms. The molecular weight excluding hydrogens is 284 g/mol. The van der Waals surface area contributed by atoms with Crippen molar-refractivity contribution in [2.75, 3.05) is 13.2 Å². The molecule has 0 spiro atoms. The second-order valence-corrected chi connectivity index (χ2v) is 5.50. The molecule has 1 aromatic carbocycles. The van der Waals surface area contributed by atoms with Gasteiger partial charge in [0, 0.05) is 5.57 Å². The highest BCUT2D eigenvalue weighted by Crippen LogP contribution is 2.13. The average molecular weight is 300 g/mol. The molecule has 0 amide bonds. The zero-order chi connectivity index (χ0) is 15.2. The first kappa shape index (κ1) is 16.4. The monoisotopic (exact) mass is 300 g/mol. The minimum absolute atomic E-state index is 0.0685. The zero-order valence-corrected chi connectivity index (χ0v) is 11.6. The Hall–Kier alpha value is -1.70. The lowest BCUT2D eigenvalue weighted by Crippen LogP contribution is -2.11. The van der Waals surface area contributed by atoms with Crippen LogP contribution in [0.2, 0.25) is 0 Å². The molecule has 20 heavy (non-hydrogen) atoms. The molecule has 0 saturated carbocycles. The summed E-state index contributed by atoms with van der Waals surface area (Å²) in [5.41, 5.74) is 1.07. The highest BCUT2D eigenvalue weighted by molar-refractivity contribution is 7.85. The molecule has 2 N–H and O–H groups in total. The van der Waals surface area contributed by atoms with Gasteiger partial charge >= 0.3 is 5.97 Å². The van der Waals surface area contributed by atoms with E-state index >= 15 is 0 Å². The van der Waals surface area contributed by atoms with E-state index in [0.717, 1.165) is 5.56 Å². The fraction of sp³-hybridized carbons (Fsp3) is 0.308. The lowest BCUT2D eigenvalue weighted by atomic mass is 10.1. The first-order chi connectivity index (χ1) is 9.34. The minimum Gasteiger partial charge on any atom is -0.460 e. The molecule has 6 nitrogen and oxygen atoms in total. The SMILES string of the molecule is C=C(CCc1ccc(S(=O)(=O)O)cc1)C(=O)OCCO. The van der Waals surface area contributed by atoms with Crippen LogP contribution in [0.15, 0.2) is 41.3 Å². The number of hydrogen-bond donors (Lipinski definition) is 2. The Kier molecular flexibility index (Phi) is 5.87. The van der Waals surface area contributed by atoms with Crippen LogP contribution in [0.25, 0.3) is 0 Å². The summed E-state index contributed by atoms with van der Waals surface area (Å²) in [7, 11) is -4.19. The van der Waals surface area contributed by atoms with Crippen molar-refractivity contribution < 1.29 is 27.6 Å². The third kappa shape index (κ3) is 5.12. The zero-order valence-electron chi connectivity index (χ0n) is 10.8. The van der Waals surface area contributed by atoms with E-state index in [1.54, 1.807) is 12.1 Å². The molecule has 0 aliphatic rings. The van der Waals surface area contributed by atoms with E-state index in [0.29, 0.717) is 12.8 Å². The number of esters is 1. The Morgan fingerprint density at radius 1 is 1.25 bits per heavy atom. The molecule has 0 fully saturated rings. The van der Waals surface area contributed by atoms with Crippen LogP contribution in [0, 0.1) is 0 Å². The van der Waals surface area contributed by atoms with Crippen molar-refractivity contribution >= 4 is 16.1 Å².